The Morgan fingerprint density at radius 1 is 1.05 bits per heavy atom. The number of aryl methyl sites for hydroxylation is 1. The van der Waals surface area contributed by atoms with Crippen LogP contribution in [0.25, 0.3) is 0 Å². The molecule has 0 saturated carbocycles. The standard InChI is InChI=1S/C17H24N4/c1-4-7-15-16(18-10-5-2)19-12-20-17(15)21-14-9-6-8-13(3)11-14/h6,8-9,11-12H,4-5,7,10H2,1-3H3,(H2,18,19,20,21). The van der Waals surface area contributed by atoms with E-state index in [0.29, 0.717) is 0 Å². The minimum absolute atomic E-state index is 0.899. The molecule has 0 spiro atoms. The second-order valence-corrected chi connectivity index (χ2v) is 5.22. The molecule has 0 aliphatic carbocycles. The summed E-state index contributed by atoms with van der Waals surface area (Å²) in [5.74, 6) is 1.85. The highest BCUT2D eigenvalue weighted by Gasteiger charge is 2.10. The van der Waals surface area contributed by atoms with Gasteiger partial charge in [0.1, 0.15) is 18.0 Å². The Bertz CT molecular complexity index is 581. The van der Waals surface area contributed by atoms with Crippen molar-refractivity contribution in [1.29, 1.82) is 0 Å². The van der Waals surface area contributed by atoms with Gasteiger partial charge < -0.3 is 10.6 Å². The quantitative estimate of drug-likeness (QED) is 0.795. The van der Waals surface area contributed by atoms with Crippen molar-refractivity contribution in [2.45, 2.75) is 40.0 Å². The van der Waals surface area contributed by atoms with Crippen molar-refractivity contribution >= 4 is 17.3 Å². The van der Waals surface area contributed by atoms with Crippen molar-refractivity contribution in [2.75, 3.05) is 17.2 Å². The number of rotatable bonds is 7. The summed E-state index contributed by atoms with van der Waals surface area (Å²) in [6, 6.07) is 8.32. The molecule has 112 valence electrons. The van der Waals surface area contributed by atoms with E-state index in [1.807, 2.05) is 0 Å². The Hall–Kier alpha value is -2.10. The van der Waals surface area contributed by atoms with Crippen LogP contribution in [0.5, 0.6) is 0 Å². The molecule has 0 amide bonds. The molecule has 4 nitrogen and oxygen atoms in total. The summed E-state index contributed by atoms with van der Waals surface area (Å²) < 4.78 is 0. The summed E-state index contributed by atoms with van der Waals surface area (Å²) in [4.78, 5) is 8.82. The SMILES string of the molecule is CCCNc1ncnc(Nc2cccc(C)c2)c1CCC. The van der Waals surface area contributed by atoms with Gasteiger partial charge in [-0.3, -0.25) is 0 Å². The number of hydrogen-bond acceptors (Lipinski definition) is 4. The van der Waals surface area contributed by atoms with Crippen LogP contribution >= 0.6 is 0 Å². The Balaban J connectivity index is 2.28. The molecule has 2 aromatic rings. The monoisotopic (exact) mass is 284 g/mol. The number of hydrogen-bond donors (Lipinski definition) is 2. The lowest BCUT2D eigenvalue weighted by Gasteiger charge is -2.15. The minimum atomic E-state index is 0.899. The van der Waals surface area contributed by atoms with Gasteiger partial charge in [-0.25, -0.2) is 9.97 Å². The van der Waals surface area contributed by atoms with Crippen molar-refractivity contribution in [1.82, 2.24) is 9.97 Å². The van der Waals surface area contributed by atoms with Crippen LogP contribution in [0.15, 0.2) is 30.6 Å². The van der Waals surface area contributed by atoms with Gasteiger partial charge in [0.05, 0.1) is 0 Å². The maximum Gasteiger partial charge on any atom is 0.139 e. The summed E-state index contributed by atoms with van der Waals surface area (Å²) in [5.41, 5.74) is 3.46. The van der Waals surface area contributed by atoms with E-state index in [0.717, 1.165) is 48.7 Å². The maximum absolute atomic E-state index is 4.43. The summed E-state index contributed by atoms with van der Waals surface area (Å²) in [6.45, 7) is 7.34. The van der Waals surface area contributed by atoms with Crippen molar-refractivity contribution in [2.24, 2.45) is 0 Å². The molecule has 0 atom stereocenters. The van der Waals surface area contributed by atoms with Crippen LogP contribution in [-0.4, -0.2) is 16.5 Å². The molecule has 0 aliphatic heterocycles. The predicted molar refractivity (Wildman–Crippen MR) is 89.3 cm³/mol. The summed E-state index contributed by atoms with van der Waals surface area (Å²) >= 11 is 0. The van der Waals surface area contributed by atoms with Crippen LogP contribution in [0.2, 0.25) is 0 Å². The fraction of sp³-hybridized carbons (Fsp3) is 0.412. The van der Waals surface area contributed by atoms with E-state index in [-0.39, 0.29) is 0 Å². The minimum Gasteiger partial charge on any atom is -0.370 e. The largest absolute Gasteiger partial charge is 0.370 e. The first kappa shape index (κ1) is 15.3. The van der Waals surface area contributed by atoms with Gasteiger partial charge in [-0.1, -0.05) is 32.4 Å². The average molecular weight is 284 g/mol. The highest BCUT2D eigenvalue weighted by Crippen LogP contribution is 2.25. The molecular weight excluding hydrogens is 260 g/mol. The van der Waals surface area contributed by atoms with E-state index in [9.17, 15) is 0 Å². The zero-order valence-electron chi connectivity index (χ0n) is 13.1. The molecule has 0 unspecified atom stereocenters. The van der Waals surface area contributed by atoms with Crippen LogP contribution < -0.4 is 10.6 Å². The van der Waals surface area contributed by atoms with Crippen LogP contribution in [0, 0.1) is 6.92 Å². The fourth-order valence-electron chi connectivity index (χ4n) is 2.26. The van der Waals surface area contributed by atoms with Crippen LogP contribution in [-0.2, 0) is 6.42 Å². The first-order valence-electron chi connectivity index (χ1n) is 7.66. The molecule has 0 saturated heterocycles. The van der Waals surface area contributed by atoms with Gasteiger partial charge in [-0.2, -0.15) is 0 Å². The van der Waals surface area contributed by atoms with Gasteiger partial charge in [0, 0.05) is 17.8 Å². The Kier molecular flexibility index (Phi) is 5.55. The second-order valence-electron chi connectivity index (χ2n) is 5.22. The number of nitrogens with zero attached hydrogens (tertiary/aromatic N) is 2. The van der Waals surface area contributed by atoms with Gasteiger partial charge in [0.15, 0.2) is 0 Å². The highest BCUT2D eigenvalue weighted by molar-refractivity contribution is 5.65. The number of nitrogens with one attached hydrogen (secondary N) is 2. The zero-order valence-corrected chi connectivity index (χ0v) is 13.1. The zero-order chi connectivity index (χ0) is 15.1. The average Bonchev–Trinajstić information content (AvgIpc) is 2.48. The molecule has 4 heteroatoms. The van der Waals surface area contributed by atoms with Gasteiger partial charge >= 0.3 is 0 Å². The molecule has 1 aromatic carbocycles. The van der Waals surface area contributed by atoms with Crippen molar-refractivity contribution in [3.63, 3.8) is 0 Å². The number of anilines is 3. The highest BCUT2D eigenvalue weighted by atomic mass is 15.1. The first-order valence-corrected chi connectivity index (χ1v) is 7.66. The number of aromatic nitrogens is 2. The van der Waals surface area contributed by atoms with Crippen molar-refractivity contribution < 1.29 is 0 Å². The molecule has 0 bridgehead atoms. The molecule has 1 aromatic heterocycles. The topological polar surface area (TPSA) is 49.8 Å². The fourth-order valence-corrected chi connectivity index (χ4v) is 2.26. The number of benzene rings is 1. The van der Waals surface area contributed by atoms with Crippen molar-refractivity contribution in [3.8, 4) is 0 Å². The molecular formula is C17H24N4. The van der Waals surface area contributed by atoms with E-state index in [4.69, 9.17) is 0 Å². The van der Waals surface area contributed by atoms with Crippen LogP contribution in [0.4, 0.5) is 17.3 Å². The predicted octanol–water partition coefficient (Wildman–Crippen LogP) is 4.30. The van der Waals surface area contributed by atoms with Gasteiger partial charge in [-0.15, -0.1) is 0 Å². The lowest BCUT2D eigenvalue weighted by atomic mass is 10.1. The van der Waals surface area contributed by atoms with E-state index in [2.05, 4.69) is 65.6 Å². The maximum atomic E-state index is 4.43. The molecule has 0 fully saturated rings. The Morgan fingerprint density at radius 3 is 2.57 bits per heavy atom. The normalized spacial score (nSPS) is 10.4. The van der Waals surface area contributed by atoms with E-state index >= 15 is 0 Å². The van der Waals surface area contributed by atoms with Crippen LogP contribution in [0.1, 0.15) is 37.8 Å². The van der Waals surface area contributed by atoms with Crippen LogP contribution in [0.3, 0.4) is 0 Å². The van der Waals surface area contributed by atoms with Gasteiger partial charge in [0.25, 0.3) is 0 Å². The summed E-state index contributed by atoms with van der Waals surface area (Å²) in [6.07, 6.45) is 4.73. The summed E-state index contributed by atoms with van der Waals surface area (Å²) in [5, 5.41) is 6.82. The third-order valence-electron chi connectivity index (χ3n) is 3.27. The van der Waals surface area contributed by atoms with Gasteiger partial charge in [0.2, 0.25) is 0 Å². The first-order chi connectivity index (χ1) is 10.2. The molecule has 2 N–H and O–H groups in total. The van der Waals surface area contributed by atoms with E-state index < -0.39 is 0 Å². The van der Waals surface area contributed by atoms with E-state index in [1.54, 1.807) is 6.33 Å². The third kappa shape index (κ3) is 4.18. The molecule has 21 heavy (non-hydrogen) atoms. The summed E-state index contributed by atoms with van der Waals surface area (Å²) in [7, 11) is 0. The van der Waals surface area contributed by atoms with E-state index in [1.165, 1.54) is 5.56 Å². The molecule has 1 heterocycles. The third-order valence-corrected chi connectivity index (χ3v) is 3.27. The lowest BCUT2D eigenvalue weighted by Crippen LogP contribution is -2.09. The smallest absolute Gasteiger partial charge is 0.139 e. The molecule has 2 rings (SSSR count). The lowest BCUT2D eigenvalue weighted by molar-refractivity contribution is 0.892. The Morgan fingerprint density at radius 2 is 1.86 bits per heavy atom. The Labute approximate surface area is 127 Å². The molecule has 0 radical (unpaired) electrons. The van der Waals surface area contributed by atoms with Gasteiger partial charge in [-0.05, 0) is 37.5 Å². The molecule has 0 aliphatic rings. The van der Waals surface area contributed by atoms with Crippen molar-refractivity contribution in [3.05, 3.63) is 41.7 Å². The second kappa shape index (κ2) is 7.62.